The topological polar surface area (TPSA) is 152 Å². The second-order valence-electron chi connectivity index (χ2n) is 14.9. The summed E-state index contributed by atoms with van der Waals surface area (Å²) in [6, 6.07) is 0. The minimum absolute atomic E-state index is 0.110. The van der Waals surface area contributed by atoms with Crippen molar-refractivity contribution in [2.45, 2.75) is 145 Å². The van der Waals surface area contributed by atoms with Gasteiger partial charge in [-0.25, -0.2) is 0 Å². The smallest absolute Gasteiger partial charge is 0.308 e. The van der Waals surface area contributed by atoms with Gasteiger partial charge in [-0.3, -0.25) is 24.0 Å². The van der Waals surface area contributed by atoms with Crippen molar-refractivity contribution in [2.24, 2.45) is 40.4 Å². The van der Waals surface area contributed by atoms with Crippen molar-refractivity contribution in [3.8, 4) is 0 Å². The molecule has 11 atom stereocenters. The second kappa shape index (κ2) is 15.1. The average molecular weight is 665 g/mol. The van der Waals surface area contributed by atoms with Gasteiger partial charge in [0.15, 0.2) is 6.10 Å². The van der Waals surface area contributed by atoms with Crippen LogP contribution in [-0.2, 0) is 47.7 Å². The van der Waals surface area contributed by atoms with Crippen LogP contribution in [0.1, 0.15) is 108 Å². The summed E-state index contributed by atoms with van der Waals surface area (Å²) in [4.78, 5) is 64.9. The number of rotatable bonds is 11. The molecule has 1 N–H and O–H groups in total. The molecule has 3 aliphatic carbocycles. The summed E-state index contributed by atoms with van der Waals surface area (Å²) in [5.41, 5.74) is -1.62. The van der Waals surface area contributed by atoms with Gasteiger partial charge >= 0.3 is 29.8 Å². The number of aliphatic hydroxyl groups is 1. The van der Waals surface area contributed by atoms with Crippen LogP contribution in [0.2, 0.25) is 0 Å². The monoisotopic (exact) mass is 664 g/mol. The number of allylic oxidation sites excluding steroid dienone is 1. The molecule has 0 unspecified atom stereocenters. The highest BCUT2D eigenvalue weighted by Crippen LogP contribution is 2.67. The highest BCUT2D eigenvalue weighted by atomic mass is 16.6. The Hall–Kier alpha value is -2.95. The largest absolute Gasteiger partial charge is 0.462 e. The molecule has 11 nitrogen and oxygen atoms in total. The number of hydrogen-bond acceptors (Lipinski definition) is 11. The van der Waals surface area contributed by atoms with Gasteiger partial charge in [-0.2, -0.15) is 0 Å². The van der Waals surface area contributed by atoms with Crippen molar-refractivity contribution in [2.75, 3.05) is 0 Å². The first kappa shape index (κ1) is 38.5. The molecule has 47 heavy (non-hydrogen) atoms. The van der Waals surface area contributed by atoms with Gasteiger partial charge in [0.25, 0.3) is 0 Å². The standard InChI is InChI=1S/C36H56O11/c1-12-14-25(39)45-24-17-35(10)23(16-20(7)29(41)31(43-21(8)37)32(35)46-26(40)15-13-2)28-27(18(3)4)30(47-34(42)19(5)6)33(36(24,28)11)44-22(9)38/h16,18-19,23-24,27-33,41H,12-15,17H2,1-11H3/t23-,24-,27+,28+,29-,30+,31-,32+,33-,35+,36-/m0/s1. The molecule has 3 rings (SSSR count). The molecule has 266 valence electrons. The molecule has 0 aromatic rings. The number of esters is 5. The van der Waals surface area contributed by atoms with E-state index in [-0.39, 0.29) is 25.2 Å². The fraction of sp³-hybridized carbons (Fsp3) is 0.806. The fourth-order valence-electron chi connectivity index (χ4n) is 8.43. The van der Waals surface area contributed by atoms with E-state index in [0.29, 0.717) is 18.4 Å². The molecule has 2 fully saturated rings. The van der Waals surface area contributed by atoms with Crippen LogP contribution in [0.15, 0.2) is 11.6 Å². The van der Waals surface area contributed by atoms with Gasteiger partial charge in [-0.15, -0.1) is 0 Å². The normalized spacial score (nSPS) is 36.4. The first-order valence-electron chi connectivity index (χ1n) is 17.1. The lowest BCUT2D eigenvalue weighted by atomic mass is 9.49. The summed E-state index contributed by atoms with van der Waals surface area (Å²) in [5.74, 6) is -4.58. The number of ether oxygens (including phenoxy) is 5. The molecule has 0 spiro atoms. The molecule has 0 aliphatic heterocycles. The minimum Gasteiger partial charge on any atom is -0.462 e. The summed E-state index contributed by atoms with van der Waals surface area (Å²) >= 11 is 0. The van der Waals surface area contributed by atoms with Crippen molar-refractivity contribution in [3.05, 3.63) is 11.6 Å². The van der Waals surface area contributed by atoms with E-state index in [9.17, 15) is 29.1 Å². The highest BCUT2D eigenvalue weighted by molar-refractivity contribution is 5.72. The first-order valence-corrected chi connectivity index (χ1v) is 17.1. The van der Waals surface area contributed by atoms with E-state index in [1.54, 1.807) is 20.8 Å². The molecule has 0 amide bonds. The van der Waals surface area contributed by atoms with E-state index >= 15 is 0 Å². The lowest BCUT2D eigenvalue weighted by molar-refractivity contribution is -0.226. The average Bonchev–Trinajstić information content (AvgIpc) is 3.16. The van der Waals surface area contributed by atoms with Crippen molar-refractivity contribution in [3.63, 3.8) is 0 Å². The Morgan fingerprint density at radius 2 is 1.38 bits per heavy atom. The molecule has 0 aromatic carbocycles. The summed E-state index contributed by atoms with van der Waals surface area (Å²) in [5, 5.41) is 11.6. The Morgan fingerprint density at radius 1 is 0.830 bits per heavy atom. The first-order chi connectivity index (χ1) is 21.8. The van der Waals surface area contributed by atoms with E-state index < -0.39 is 101 Å². The van der Waals surface area contributed by atoms with Crippen LogP contribution in [0.4, 0.5) is 0 Å². The molecule has 0 saturated heterocycles. The van der Waals surface area contributed by atoms with Gasteiger partial charge in [0.2, 0.25) is 0 Å². The van der Waals surface area contributed by atoms with Gasteiger partial charge in [0.05, 0.1) is 5.92 Å². The molecular weight excluding hydrogens is 608 g/mol. The van der Waals surface area contributed by atoms with E-state index in [1.807, 2.05) is 47.6 Å². The summed E-state index contributed by atoms with van der Waals surface area (Å²) in [6.45, 7) is 19.3. The maximum Gasteiger partial charge on any atom is 0.308 e. The molecular formula is C36H56O11. The molecule has 0 heterocycles. The van der Waals surface area contributed by atoms with Crippen molar-refractivity contribution < 1.29 is 52.8 Å². The Bertz CT molecular complexity index is 1220. The number of fused-ring (bicyclic) bond motifs is 3. The predicted octanol–water partition coefficient (Wildman–Crippen LogP) is 5.10. The summed E-state index contributed by atoms with van der Waals surface area (Å²) in [7, 11) is 0. The van der Waals surface area contributed by atoms with Crippen molar-refractivity contribution >= 4 is 29.8 Å². The maximum atomic E-state index is 13.3. The molecule has 11 heteroatoms. The highest BCUT2D eigenvalue weighted by Gasteiger charge is 2.74. The Kier molecular flexibility index (Phi) is 12.4. The summed E-state index contributed by atoms with van der Waals surface area (Å²) < 4.78 is 30.6. The van der Waals surface area contributed by atoms with Crippen LogP contribution in [0.5, 0.6) is 0 Å². The fourth-order valence-corrected chi connectivity index (χ4v) is 8.43. The van der Waals surface area contributed by atoms with Gasteiger partial charge in [-0.05, 0) is 49.5 Å². The molecule has 0 bridgehead atoms. The van der Waals surface area contributed by atoms with E-state index in [2.05, 4.69) is 0 Å². The Balaban J connectivity index is 2.41. The third-order valence-electron chi connectivity index (χ3n) is 10.6. The van der Waals surface area contributed by atoms with Crippen LogP contribution >= 0.6 is 0 Å². The maximum absolute atomic E-state index is 13.3. The van der Waals surface area contributed by atoms with Crippen LogP contribution in [0.25, 0.3) is 0 Å². The summed E-state index contributed by atoms with van der Waals surface area (Å²) in [6.07, 6.45) is -3.05. The zero-order chi connectivity index (χ0) is 35.6. The Morgan fingerprint density at radius 3 is 1.87 bits per heavy atom. The quantitative estimate of drug-likeness (QED) is 0.178. The van der Waals surface area contributed by atoms with Crippen LogP contribution < -0.4 is 0 Å². The molecule has 2 saturated carbocycles. The number of carbonyl (C=O) groups is 5. The number of aliphatic hydroxyl groups excluding tert-OH is 1. The van der Waals surface area contributed by atoms with Gasteiger partial charge in [-0.1, -0.05) is 61.5 Å². The van der Waals surface area contributed by atoms with Crippen LogP contribution in [-0.4, -0.2) is 71.6 Å². The van der Waals surface area contributed by atoms with Gasteiger partial charge < -0.3 is 28.8 Å². The second-order valence-corrected chi connectivity index (χ2v) is 14.9. The predicted molar refractivity (Wildman–Crippen MR) is 171 cm³/mol. The Labute approximate surface area is 279 Å². The van der Waals surface area contributed by atoms with E-state index in [4.69, 9.17) is 23.7 Å². The van der Waals surface area contributed by atoms with E-state index in [1.165, 1.54) is 13.8 Å². The lowest BCUT2D eigenvalue weighted by Gasteiger charge is -2.58. The molecule has 0 aromatic heterocycles. The molecule has 3 aliphatic rings. The number of hydrogen-bond donors (Lipinski definition) is 1. The van der Waals surface area contributed by atoms with E-state index in [0.717, 1.165) is 0 Å². The number of carbonyl (C=O) groups excluding carboxylic acids is 5. The zero-order valence-corrected chi connectivity index (χ0v) is 30.0. The van der Waals surface area contributed by atoms with Crippen molar-refractivity contribution in [1.82, 2.24) is 0 Å². The van der Waals surface area contributed by atoms with Crippen LogP contribution in [0, 0.1) is 40.4 Å². The minimum atomic E-state index is -1.30. The third-order valence-corrected chi connectivity index (χ3v) is 10.6. The lowest BCUT2D eigenvalue weighted by Crippen LogP contribution is -2.63. The van der Waals surface area contributed by atoms with Crippen LogP contribution in [0.3, 0.4) is 0 Å². The molecule has 0 radical (unpaired) electrons. The van der Waals surface area contributed by atoms with Crippen molar-refractivity contribution in [1.29, 1.82) is 0 Å². The SMILES string of the molecule is CCCC(=O)O[C@@H]1[C@@H](OC(C)=O)[C@@H](O)C(C)=C[C@H]2[C@@H]3[C@@H](C(C)C)[C@@H](OC(=O)C(C)C)[C@H](OC(C)=O)[C@@]3(C)[C@@H](OC(=O)CCC)C[C@@]12C. The third kappa shape index (κ3) is 7.55. The zero-order valence-electron chi connectivity index (χ0n) is 30.0. The van der Waals surface area contributed by atoms with Gasteiger partial charge in [0, 0.05) is 43.4 Å². The van der Waals surface area contributed by atoms with Gasteiger partial charge in [0.1, 0.15) is 30.5 Å².